The average Bonchev–Trinajstić information content (AvgIpc) is 3.07. The number of nitrogens with zero attached hydrogens (tertiary/aromatic N) is 2. The van der Waals surface area contributed by atoms with Crippen molar-refractivity contribution in [3.05, 3.63) is 83.7 Å². The van der Waals surface area contributed by atoms with E-state index >= 15 is 0 Å². The number of rotatable bonds is 2. The lowest BCUT2D eigenvalue weighted by Crippen LogP contribution is -2.18. The van der Waals surface area contributed by atoms with E-state index in [9.17, 15) is 4.79 Å². The van der Waals surface area contributed by atoms with Crippen molar-refractivity contribution in [3.8, 4) is 11.4 Å². The van der Waals surface area contributed by atoms with E-state index in [0.29, 0.717) is 16.9 Å². The number of carbonyl (C=O) groups excluding carboxylic acids is 1. The molecule has 0 saturated carbocycles. The summed E-state index contributed by atoms with van der Waals surface area (Å²) in [6.45, 7) is 0.284. The van der Waals surface area contributed by atoms with E-state index < -0.39 is 0 Å². The van der Waals surface area contributed by atoms with E-state index in [1.807, 2.05) is 60.8 Å². The predicted molar refractivity (Wildman–Crippen MR) is 87.8 cm³/mol. The van der Waals surface area contributed by atoms with Crippen LogP contribution in [0, 0.1) is 0 Å². The summed E-state index contributed by atoms with van der Waals surface area (Å²) in [5.41, 5.74) is 3.10. The Bertz CT molecular complexity index is 894. The third-order valence-corrected chi connectivity index (χ3v) is 3.77. The van der Waals surface area contributed by atoms with Crippen LogP contribution in [-0.4, -0.2) is 22.2 Å². The number of hydrogen-bond acceptors (Lipinski definition) is 3. The van der Waals surface area contributed by atoms with Gasteiger partial charge in [0.1, 0.15) is 12.4 Å². The summed E-state index contributed by atoms with van der Waals surface area (Å²) < 4.78 is 7.44. The smallest absolute Gasteiger partial charge is 0.196 e. The molecule has 0 unspecified atom stereocenters. The van der Waals surface area contributed by atoms with Crippen molar-refractivity contribution in [2.45, 2.75) is 0 Å². The fourth-order valence-electron chi connectivity index (χ4n) is 2.62. The molecule has 0 radical (unpaired) electrons. The molecule has 1 aromatic heterocycles. The van der Waals surface area contributed by atoms with E-state index in [1.54, 1.807) is 16.9 Å². The third-order valence-electron chi connectivity index (χ3n) is 3.77. The molecule has 112 valence electrons. The highest BCUT2D eigenvalue weighted by atomic mass is 16.5. The number of fused-ring (bicyclic) bond motifs is 1. The zero-order valence-corrected chi connectivity index (χ0v) is 12.3. The van der Waals surface area contributed by atoms with Gasteiger partial charge >= 0.3 is 0 Å². The molecule has 4 nitrogen and oxygen atoms in total. The van der Waals surface area contributed by atoms with Gasteiger partial charge in [-0.05, 0) is 30.3 Å². The number of aromatic nitrogens is 2. The first-order valence-corrected chi connectivity index (χ1v) is 7.38. The lowest BCUT2D eigenvalue weighted by atomic mass is 9.99. The van der Waals surface area contributed by atoms with Crippen molar-refractivity contribution in [3.63, 3.8) is 0 Å². The van der Waals surface area contributed by atoms with Gasteiger partial charge in [0.2, 0.25) is 0 Å². The van der Waals surface area contributed by atoms with Crippen molar-refractivity contribution < 1.29 is 9.53 Å². The fourth-order valence-corrected chi connectivity index (χ4v) is 2.62. The van der Waals surface area contributed by atoms with Crippen molar-refractivity contribution in [1.82, 2.24) is 9.78 Å². The molecule has 4 rings (SSSR count). The molecular weight excluding hydrogens is 288 g/mol. The molecule has 0 bridgehead atoms. The molecule has 3 aromatic rings. The number of ether oxygens (including phenoxy) is 1. The summed E-state index contributed by atoms with van der Waals surface area (Å²) in [4.78, 5) is 12.5. The maximum Gasteiger partial charge on any atom is 0.196 e. The molecule has 0 spiro atoms. The second-order valence-electron chi connectivity index (χ2n) is 5.34. The zero-order valence-electron chi connectivity index (χ0n) is 12.3. The molecule has 0 N–H and O–H groups in total. The van der Waals surface area contributed by atoms with Crippen LogP contribution in [0.15, 0.2) is 72.6 Å². The van der Waals surface area contributed by atoms with Crippen molar-refractivity contribution in [1.29, 1.82) is 0 Å². The molecule has 2 heterocycles. The average molecular weight is 302 g/mol. The first-order valence-electron chi connectivity index (χ1n) is 7.38. The molecular formula is C19H14N2O2. The SMILES string of the molecule is O=C1/C(=C/c2cnn(-c3ccccc3)c2)COc2ccccc21. The van der Waals surface area contributed by atoms with Crippen LogP contribution >= 0.6 is 0 Å². The summed E-state index contributed by atoms with van der Waals surface area (Å²) in [6.07, 6.45) is 5.48. The number of para-hydroxylation sites is 2. The Hall–Kier alpha value is -3.14. The van der Waals surface area contributed by atoms with Crippen LogP contribution in [0.1, 0.15) is 15.9 Å². The van der Waals surface area contributed by atoms with Gasteiger partial charge in [0, 0.05) is 17.3 Å². The van der Waals surface area contributed by atoms with Crippen LogP contribution in [0.25, 0.3) is 11.8 Å². The van der Waals surface area contributed by atoms with Crippen LogP contribution in [0.5, 0.6) is 5.75 Å². The second kappa shape index (κ2) is 5.57. The van der Waals surface area contributed by atoms with E-state index in [4.69, 9.17) is 4.74 Å². The van der Waals surface area contributed by atoms with Gasteiger partial charge in [-0.3, -0.25) is 4.79 Å². The maximum atomic E-state index is 12.5. The highest BCUT2D eigenvalue weighted by Gasteiger charge is 2.22. The van der Waals surface area contributed by atoms with Crippen LogP contribution in [0.4, 0.5) is 0 Å². The number of ketones is 1. The summed E-state index contributed by atoms with van der Waals surface area (Å²) in [7, 11) is 0. The molecule has 0 saturated heterocycles. The van der Waals surface area contributed by atoms with Crippen LogP contribution < -0.4 is 4.74 Å². The molecule has 0 fully saturated rings. The third kappa shape index (κ3) is 2.55. The predicted octanol–water partition coefficient (Wildman–Crippen LogP) is 3.53. The van der Waals surface area contributed by atoms with E-state index in [-0.39, 0.29) is 12.4 Å². The minimum absolute atomic E-state index is 0.0133. The fraction of sp³-hybridized carbons (Fsp3) is 0.0526. The second-order valence-corrected chi connectivity index (χ2v) is 5.34. The van der Waals surface area contributed by atoms with Gasteiger partial charge in [-0.2, -0.15) is 5.10 Å². The quantitative estimate of drug-likeness (QED) is 0.680. The topological polar surface area (TPSA) is 44.1 Å². The van der Waals surface area contributed by atoms with Crippen LogP contribution in [0.3, 0.4) is 0 Å². The Labute approximate surface area is 133 Å². The van der Waals surface area contributed by atoms with Gasteiger partial charge in [0.15, 0.2) is 5.78 Å². The Morgan fingerprint density at radius 3 is 2.70 bits per heavy atom. The van der Waals surface area contributed by atoms with Crippen molar-refractivity contribution in [2.24, 2.45) is 0 Å². The first kappa shape index (κ1) is 13.5. The Kier molecular flexibility index (Phi) is 3.27. The minimum Gasteiger partial charge on any atom is -0.488 e. The van der Waals surface area contributed by atoms with Gasteiger partial charge in [0.25, 0.3) is 0 Å². The van der Waals surface area contributed by atoms with Gasteiger partial charge in [0.05, 0.1) is 17.4 Å². The largest absolute Gasteiger partial charge is 0.488 e. The summed E-state index contributed by atoms with van der Waals surface area (Å²) >= 11 is 0. The number of hydrogen-bond donors (Lipinski definition) is 0. The van der Waals surface area contributed by atoms with Gasteiger partial charge in [-0.25, -0.2) is 4.68 Å². The molecule has 0 aliphatic carbocycles. The first-order chi connectivity index (χ1) is 11.3. The van der Waals surface area contributed by atoms with E-state index in [1.165, 1.54) is 0 Å². The van der Waals surface area contributed by atoms with Crippen LogP contribution in [0.2, 0.25) is 0 Å². The summed E-state index contributed by atoms with van der Waals surface area (Å²) in [5, 5.41) is 4.34. The monoisotopic (exact) mass is 302 g/mol. The summed E-state index contributed by atoms with van der Waals surface area (Å²) in [6, 6.07) is 17.2. The van der Waals surface area contributed by atoms with Gasteiger partial charge < -0.3 is 4.74 Å². The Morgan fingerprint density at radius 2 is 1.83 bits per heavy atom. The van der Waals surface area contributed by atoms with Gasteiger partial charge in [-0.15, -0.1) is 0 Å². The molecule has 1 aliphatic rings. The maximum absolute atomic E-state index is 12.5. The normalized spacial score (nSPS) is 15.3. The van der Waals surface area contributed by atoms with Crippen molar-refractivity contribution in [2.75, 3.05) is 6.61 Å². The zero-order chi connectivity index (χ0) is 15.6. The molecule has 23 heavy (non-hydrogen) atoms. The lowest BCUT2D eigenvalue weighted by Gasteiger charge is -2.18. The Morgan fingerprint density at radius 1 is 1.04 bits per heavy atom. The highest BCUT2D eigenvalue weighted by Crippen LogP contribution is 2.27. The van der Waals surface area contributed by atoms with Crippen molar-refractivity contribution >= 4 is 11.9 Å². The highest BCUT2D eigenvalue weighted by molar-refractivity contribution is 6.13. The molecule has 0 amide bonds. The summed E-state index contributed by atoms with van der Waals surface area (Å²) in [5.74, 6) is 0.661. The number of carbonyl (C=O) groups is 1. The number of Topliss-reactive ketones (excluding diaryl/α,β-unsaturated/α-hetero) is 1. The van der Waals surface area contributed by atoms with E-state index in [0.717, 1.165) is 11.3 Å². The minimum atomic E-state index is 0.0133. The van der Waals surface area contributed by atoms with Crippen LogP contribution in [-0.2, 0) is 0 Å². The molecule has 0 atom stereocenters. The molecule has 1 aliphatic heterocycles. The van der Waals surface area contributed by atoms with Gasteiger partial charge in [-0.1, -0.05) is 30.3 Å². The standard InChI is InChI=1S/C19H14N2O2/c22-19-15(13-23-18-9-5-4-8-17(18)19)10-14-11-20-21(12-14)16-6-2-1-3-7-16/h1-12H,13H2/b15-10+. The molecule has 2 aromatic carbocycles. The van der Waals surface area contributed by atoms with E-state index in [2.05, 4.69) is 5.10 Å². The number of benzene rings is 2. The lowest BCUT2D eigenvalue weighted by molar-refractivity contribution is 0.100. The molecule has 4 heteroatoms. The Balaban J connectivity index is 1.65.